The molecule has 0 bridgehead atoms. The van der Waals surface area contributed by atoms with E-state index in [0.717, 1.165) is 24.0 Å². The first-order valence-electron chi connectivity index (χ1n) is 24.0. The second-order valence-corrected chi connectivity index (χ2v) is 18.0. The summed E-state index contributed by atoms with van der Waals surface area (Å²) >= 11 is 0. The van der Waals surface area contributed by atoms with Gasteiger partial charge in [0.15, 0.2) is 0 Å². The van der Waals surface area contributed by atoms with Crippen LogP contribution in [-0.2, 0) is 48.2 Å². The van der Waals surface area contributed by atoms with Gasteiger partial charge in [0.2, 0.25) is 41.4 Å². The van der Waals surface area contributed by atoms with Crippen molar-refractivity contribution < 1.29 is 33.5 Å². The van der Waals surface area contributed by atoms with Gasteiger partial charge in [0.05, 0.1) is 0 Å². The molecule has 0 spiro atoms. The fraction of sp³-hybridized carbons (Fsp3) is 0.462. The summed E-state index contributed by atoms with van der Waals surface area (Å²) in [7, 11) is 0. The smallest absolute Gasteiger partial charge is 0.245 e. The molecule has 2 aliphatic heterocycles. The minimum Gasteiger partial charge on any atom is -0.489 e. The van der Waals surface area contributed by atoms with Crippen molar-refractivity contribution in [1.82, 2.24) is 41.0 Å². The molecule has 2 fully saturated rings. The second-order valence-electron chi connectivity index (χ2n) is 18.0. The summed E-state index contributed by atoms with van der Waals surface area (Å²) in [5, 5.41) is 14.9. The molecule has 3 aromatic carbocycles. The van der Waals surface area contributed by atoms with E-state index in [0.29, 0.717) is 76.5 Å². The van der Waals surface area contributed by atoms with E-state index in [1.165, 1.54) is 17.4 Å². The number of rotatable bonds is 24. The number of hydrogen-bond acceptors (Lipinski definition) is 10. The number of nitrogens with one attached hydrogen (secondary N) is 5. The van der Waals surface area contributed by atoms with Crippen LogP contribution in [0.15, 0.2) is 103 Å². The Morgan fingerprint density at radius 3 is 1.91 bits per heavy atom. The van der Waals surface area contributed by atoms with Crippen LogP contribution in [0.3, 0.4) is 0 Å². The number of likely N-dealkylation sites (tertiary alicyclic amines) is 2. The van der Waals surface area contributed by atoms with Gasteiger partial charge in [-0.1, -0.05) is 86.6 Å². The number of aryl methyl sites for hydroxylation is 1. The summed E-state index contributed by atoms with van der Waals surface area (Å²) < 4.78 is 5.93. The highest BCUT2D eigenvalue weighted by molar-refractivity contribution is 5.97. The lowest BCUT2D eigenvalue weighted by Crippen LogP contribution is -2.59. The molecule has 16 heteroatoms. The standard InChI is InChI=1S/C52H67N9O7/c1-36(2)33-44(59-47(63)43(57-37(3)62)34-39-23-25-41(26-24-39)68-35-40-17-8-5-9-18-40)51(67)61-32-13-22-46(61)49(65)58-42(20-11-28-54-52-55-29-14-30-56-52)50(66)60-31-12-21-45(60)48(64)53-27-10-19-38-15-6-4-7-16-38/h4-9,14-18,23-26,29-30,36,42-46H,10-13,19-22,27-28,31-35H2,1-3H3,(H,53,64)(H,57,62)(H,58,65)(H,59,63)(H,54,55,56)/t42-,43-,44-,45-,46-/m0/s1. The Kier molecular flexibility index (Phi) is 19.3. The van der Waals surface area contributed by atoms with Crippen LogP contribution in [0.5, 0.6) is 5.75 Å². The molecule has 2 saturated heterocycles. The van der Waals surface area contributed by atoms with E-state index in [-0.39, 0.29) is 37.1 Å². The molecule has 3 heterocycles. The highest BCUT2D eigenvalue weighted by Crippen LogP contribution is 2.24. The molecule has 2 aliphatic rings. The molecule has 6 rings (SSSR count). The van der Waals surface area contributed by atoms with E-state index >= 15 is 0 Å². The van der Waals surface area contributed by atoms with Crippen molar-refractivity contribution in [3.8, 4) is 5.75 Å². The normalized spacial score (nSPS) is 16.9. The number of benzene rings is 3. The average Bonchev–Trinajstić information content (AvgIpc) is 4.05. The summed E-state index contributed by atoms with van der Waals surface area (Å²) in [5.41, 5.74) is 2.99. The number of carbonyl (C=O) groups is 6. The maximum Gasteiger partial charge on any atom is 0.245 e. The number of ether oxygens (including phenoxy) is 1. The Balaban J connectivity index is 1.10. The van der Waals surface area contributed by atoms with E-state index < -0.39 is 53.8 Å². The van der Waals surface area contributed by atoms with Gasteiger partial charge in [-0.25, -0.2) is 9.97 Å². The molecule has 4 aromatic rings. The maximum atomic E-state index is 14.5. The van der Waals surface area contributed by atoms with Crippen molar-refractivity contribution in [3.63, 3.8) is 0 Å². The first kappa shape index (κ1) is 50.6. The number of hydrogen-bond donors (Lipinski definition) is 5. The number of aromatic nitrogens is 2. The topological polar surface area (TPSA) is 204 Å². The third kappa shape index (κ3) is 15.4. The van der Waals surface area contributed by atoms with Gasteiger partial charge in [-0.15, -0.1) is 0 Å². The number of anilines is 1. The molecule has 16 nitrogen and oxygen atoms in total. The third-order valence-corrected chi connectivity index (χ3v) is 12.2. The summed E-state index contributed by atoms with van der Waals surface area (Å²) in [4.78, 5) is 94.7. The van der Waals surface area contributed by atoms with Gasteiger partial charge in [0, 0.05) is 51.9 Å². The molecule has 6 amide bonds. The first-order valence-corrected chi connectivity index (χ1v) is 24.0. The molecular formula is C52H67N9O7. The molecule has 0 unspecified atom stereocenters. The van der Waals surface area contributed by atoms with Crippen LogP contribution in [0.1, 0.15) is 88.8 Å². The van der Waals surface area contributed by atoms with Crippen LogP contribution in [0, 0.1) is 5.92 Å². The Bertz CT molecular complexity index is 2250. The predicted molar refractivity (Wildman–Crippen MR) is 259 cm³/mol. The summed E-state index contributed by atoms with van der Waals surface area (Å²) in [6.07, 6.45) is 8.07. The maximum absolute atomic E-state index is 14.5. The highest BCUT2D eigenvalue weighted by Gasteiger charge is 2.42. The van der Waals surface area contributed by atoms with Crippen LogP contribution in [0.2, 0.25) is 0 Å². The summed E-state index contributed by atoms with van der Waals surface area (Å²) in [6.45, 7) is 7.18. The molecule has 0 saturated carbocycles. The summed E-state index contributed by atoms with van der Waals surface area (Å²) in [5.74, 6) is -1.29. The van der Waals surface area contributed by atoms with Crippen LogP contribution in [0.25, 0.3) is 0 Å². The van der Waals surface area contributed by atoms with Crippen LogP contribution in [0.4, 0.5) is 5.95 Å². The highest BCUT2D eigenvalue weighted by atomic mass is 16.5. The van der Waals surface area contributed by atoms with Crippen molar-refractivity contribution in [2.45, 2.75) is 122 Å². The molecule has 1 aromatic heterocycles. The monoisotopic (exact) mass is 930 g/mol. The van der Waals surface area contributed by atoms with Crippen LogP contribution in [-0.4, -0.2) is 112 Å². The van der Waals surface area contributed by atoms with Crippen molar-refractivity contribution in [2.75, 3.05) is 31.5 Å². The molecule has 5 atom stereocenters. The first-order chi connectivity index (χ1) is 32.9. The predicted octanol–water partition coefficient (Wildman–Crippen LogP) is 4.74. The van der Waals surface area contributed by atoms with E-state index in [2.05, 4.69) is 48.7 Å². The minimum atomic E-state index is -0.985. The zero-order valence-electron chi connectivity index (χ0n) is 39.5. The SMILES string of the molecule is CC(=O)N[C@@H](Cc1ccc(OCc2ccccc2)cc1)C(=O)N[C@@H](CC(C)C)C(=O)N1CCC[C@H]1C(=O)N[C@@H](CCCNc1ncccn1)C(=O)N1CCC[C@H]1C(=O)NCCCc1ccccc1. The van der Waals surface area contributed by atoms with Crippen molar-refractivity contribution >= 4 is 41.4 Å². The quantitative estimate of drug-likeness (QED) is 0.0611. The van der Waals surface area contributed by atoms with Crippen LogP contribution >= 0.6 is 0 Å². The second kappa shape index (κ2) is 25.9. The Morgan fingerprint density at radius 2 is 1.28 bits per heavy atom. The van der Waals surface area contributed by atoms with Gasteiger partial charge in [-0.3, -0.25) is 28.8 Å². The molecule has 5 N–H and O–H groups in total. The molecule has 68 heavy (non-hydrogen) atoms. The third-order valence-electron chi connectivity index (χ3n) is 12.2. The lowest BCUT2D eigenvalue weighted by atomic mass is 10.00. The fourth-order valence-electron chi connectivity index (χ4n) is 8.81. The number of amides is 6. The average molecular weight is 930 g/mol. The van der Waals surface area contributed by atoms with Crippen molar-refractivity contribution in [2.24, 2.45) is 5.92 Å². The largest absolute Gasteiger partial charge is 0.489 e. The molecule has 0 radical (unpaired) electrons. The van der Waals surface area contributed by atoms with Gasteiger partial charge in [-0.05, 0) is 98.6 Å². The van der Waals surface area contributed by atoms with Crippen LogP contribution < -0.4 is 31.3 Å². The van der Waals surface area contributed by atoms with Gasteiger partial charge < -0.3 is 41.1 Å². The van der Waals surface area contributed by atoms with E-state index in [4.69, 9.17) is 4.74 Å². The van der Waals surface area contributed by atoms with Gasteiger partial charge in [-0.2, -0.15) is 0 Å². The zero-order valence-corrected chi connectivity index (χ0v) is 39.5. The van der Waals surface area contributed by atoms with Gasteiger partial charge >= 0.3 is 0 Å². The number of carbonyl (C=O) groups excluding carboxylic acids is 6. The lowest BCUT2D eigenvalue weighted by molar-refractivity contribution is -0.144. The molecule has 362 valence electrons. The summed E-state index contributed by atoms with van der Waals surface area (Å²) in [6, 6.07) is 24.4. The van der Waals surface area contributed by atoms with E-state index in [1.54, 1.807) is 23.4 Å². The van der Waals surface area contributed by atoms with E-state index in [1.807, 2.05) is 86.6 Å². The Morgan fingerprint density at radius 1 is 0.662 bits per heavy atom. The molecular weight excluding hydrogens is 863 g/mol. The minimum absolute atomic E-state index is 0.00635. The fourth-order valence-corrected chi connectivity index (χ4v) is 8.81. The Hall–Kier alpha value is -6.84. The van der Waals surface area contributed by atoms with Gasteiger partial charge in [0.1, 0.15) is 42.6 Å². The number of nitrogens with zero attached hydrogens (tertiary/aromatic N) is 4. The lowest BCUT2D eigenvalue weighted by Gasteiger charge is -2.32. The van der Waals surface area contributed by atoms with Crippen molar-refractivity contribution in [3.05, 3.63) is 120 Å². The van der Waals surface area contributed by atoms with E-state index in [9.17, 15) is 28.8 Å². The Labute approximate surface area is 399 Å². The zero-order chi connectivity index (χ0) is 48.3. The van der Waals surface area contributed by atoms with Gasteiger partial charge in [0.25, 0.3) is 0 Å². The molecule has 0 aliphatic carbocycles. The van der Waals surface area contributed by atoms with Crippen molar-refractivity contribution in [1.29, 1.82) is 0 Å².